The Labute approximate surface area is 149 Å². The molecule has 1 aromatic carbocycles. The van der Waals surface area contributed by atoms with Crippen LogP contribution in [0.3, 0.4) is 0 Å². The Morgan fingerprint density at radius 1 is 1.21 bits per heavy atom. The lowest BCUT2D eigenvalue weighted by Gasteiger charge is -2.06. The van der Waals surface area contributed by atoms with Crippen molar-refractivity contribution in [3.8, 4) is 11.3 Å². The summed E-state index contributed by atoms with van der Waals surface area (Å²) >= 11 is 12.0. The number of benzene rings is 1. The van der Waals surface area contributed by atoms with Gasteiger partial charge in [-0.2, -0.15) is 5.10 Å². The molecule has 2 aromatic heterocycles. The van der Waals surface area contributed by atoms with Crippen LogP contribution in [0.25, 0.3) is 11.3 Å². The second-order valence-corrected chi connectivity index (χ2v) is 5.99. The molecular weight excluding hydrogens is 347 g/mol. The second kappa shape index (κ2) is 7.47. The van der Waals surface area contributed by atoms with E-state index in [-0.39, 0.29) is 5.91 Å². The van der Waals surface area contributed by atoms with E-state index in [9.17, 15) is 4.79 Å². The van der Waals surface area contributed by atoms with Crippen LogP contribution in [0.4, 0.5) is 0 Å². The van der Waals surface area contributed by atoms with Crippen molar-refractivity contribution in [3.63, 3.8) is 0 Å². The minimum Gasteiger partial charge on any atom is -0.350 e. The maximum Gasteiger partial charge on any atom is 0.269 e. The first-order chi connectivity index (χ1) is 11.6. The molecule has 0 saturated heterocycles. The van der Waals surface area contributed by atoms with E-state index in [2.05, 4.69) is 20.5 Å². The van der Waals surface area contributed by atoms with Crippen LogP contribution in [0.2, 0.25) is 10.0 Å². The molecule has 0 spiro atoms. The van der Waals surface area contributed by atoms with Gasteiger partial charge in [0.05, 0.1) is 5.69 Å². The van der Waals surface area contributed by atoms with Crippen molar-refractivity contribution < 1.29 is 4.79 Å². The summed E-state index contributed by atoms with van der Waals surface area (Å²) in [6.45, 7) is 0.460. The average molecular weight is 361 g/mol. The molecule has 2 N–H and O–H groups in total. The largest absolute Gasteiger partial charge is 0.350 e. The first-order valence-corrected chi connectivity index (χ1v) is 8.07. The third-order valence-corrected chi connectivity index (χ3v) is 4.06. The summed E-state index contributed by atoms with van der Waals surface area (Å²) in [5.41, 5.74) is 2.85. The molecule has 0 saturated carbocycles. The summed E-state index contributed by atoms with van der Waals surface area (Å²) in [7, 11) is 0. The predicted octanol–water partition coefficient (Wildman–Crippen LogP) is 3.75. The van der Waals surface area contributed by atoms with Gasteiger partial charge in [0.25, 0.3) is 5.91 Å². The number of H-pyrrole nitrogens is 1. The molecule has 0 radical (unpaired) electrons. The molecule has 0 unspecified atom stereocenters. The maximum atomic E-state index is 12.2. The molecule has 1 amide bonds. The molecule has 0 bridgehead atoms. The highest BCUT2D eigenvalue weighted by atomic mass is 35.5. The van der Waals surface area contributed by atoms with E-state index in [1.807, 2.05) is 18.2 Å². The Kier molecular flexibility index (Phi) is 5.13. The van der Waals surface area contributed by atoms with Gasteiger partial charge in [-0.3, -0.25) is 14.9 Å². The molecular formula is C17H14Cl2N4O. The minimum absolute atomic E-state index is 0.220. The topological polar surface area (TPSA) is 70.7 Å². The molecule has 0 aliphatic heterocycles. The maximum absolute atomic E-state index is 12.2. The van der Waals surface area contributed by atoms with Crippen molar-refractivity contribution in [2.24, 2.45) is 0 Å². The summed E-state index contributed by atoms with van der Waals surface area (Å²) in [4.78, 5) is 16.2. The monoisotopic (exact) mass is 360 g/mol. The van der Waals surface area contributed by atoms with E-state index in [0.29, 0.717) is 34.4 Å². The van der Waals surface area contributed by atoms with Gasteiger partial charge in [0.15, 0.2) is 0 Å². The molecule has 3 aromatic rings. The fourth-order valence-electron chi connectivity index (χ4n) is 2.23. The number of carbonyl (C=O) groups is 1. The lowest BCUT2D eigenvalue weighted by Crippen LogP contribution is -2.26. The number of nitrogens with zero attached hydrogens (tertiary/aromatic N) is 2. The molecule has 0 aliphatic carbocycles. The SMILES string of the molecule is O=C(NCCc1ccc(Cl)cc1Cl)c1cc(-c2cccnc2)n[nH]1. The molecule has 0 fully saturated rings. The Bertz CT molecular complexity index is 849. The molecule has 0 aliphatic rings. The molecule has 5 nitrogen and oxygen atoms in total. The minimum atomic E-state index is -0.220. The highest BCUT2D eigenvalue weighted by molar-refractivity contribution is 6.35. The van der Waals surface area contributed by atoms with Crippen LogP contribution in [-0.2, 0) is 6.42 Å². The van der Waals surface area contributed by atoms with Gasteiger partial charge in [0, 0.05) is 34.5 Å². The van der Waals surface area contributed by atoms with Crippen molar-refractivity contribution >= 4 is 29.1 Å². The molecule has 3 rings (SSSR count). The number of nitrogens with one attached hydrogen (secondary N) is 2. The Morgan fingerprint density at radius 2 is 2.08 bits per heavy atom. The first kappa shape index (κ1) is 16.5. The van der Waals surface area contributed by atoms with E-state index in [1.54, 1.807) is 30.6 Å². The summed E-state index contributed by atoms with van der Waals surface area (Å²) in [6.07, 6.45) is 4.00. The van der Waals surface area contributed by atoms with E-state index in [4.69, 9.17) is 23.2 Å². The van der Waals surface area contributed by atoms with Crippen molar-refractivity contribution in [1.29, 1.82) is 0 Å². The third kappa shape index (κ3) is 3.93. The van der Waals surface area contributed by atoms with Crippen LogP contribution in [0.5, 0.6) is 0 Å². The van der Waals surface area contributed by atoms with Gasteiger partial charge in [-0.25, -0.2) is 0 Å². The molecule has 2 heterocycles. The number of halogens is 2. The number of hydrogen-bond acceptors (Lipinski definition) is 3. The smallest absolute Gasteiger partial charge is 0.269 e. The quantitative estimate of drug-likeness (QED) is 0.727. The van der Waals surface area contributed by atoms with Crippen LogP contribution < -0.4 is 5.32 Å². The van der Waals surface area contributed by atoms with Crippen molar-refractivity contribution in [2.45, 2.75) is 6.42 Å². The van der Waals surface area contributed by atoms with E-state index >= 15 is 0 Å². The summed E-state index contributed by atoms with van der Waals surface area (Å²) in [5.74, 6) is -0.220. The van der Waals surface area contributed by atoms with Gasteiger partial charge >= 0.3 is 0 Å². The number of pyridine rings is 1. The summed E-state index contributed by atoms with van der Waals surface area (Å²) < 4.78 is 0. The molecule has 7 heteroatoms. The van der Waals surface area contributed by atoms with Crippen LogP contribution in [0, 0.1) is 0 Å². The van der Waals surface area contributed by atoms with Crippen LogP contribution in [0.15, 0.2) is 48.8 Å². The number of hydrogen-bond donors (Lipinski definition) is 2. The van der Waals surface area contributed by atoms with Crippen LogP contribution >= 0.6 is 23.2 Å². The summed E-state index contributed by atoms with van der Waals surface area (Å²) in [5, 5.41) is 10.9. The van der Waals surface area contributed by atoms with Gasteiger partial charge in [-0.15, -0.1) is 0 Å². The van der Waals surface area contributed by atoms with Crippen LogP contribution in [0.1, 0.15) is 16.1 Å². The van der Waals surface area contributed by atoms with Crippen molar-refractivity contribution in [3.05, 3.63) is 70.1 Å². The predicted molar refractivity (Wildman–Crippen MR) is 94.3 cm³/mol. The highest BCUT2D eigenvalue weighted by Crippen LogP contribution is 2.21. The zero-order chi connectivity index (χ0) is 16.9. The average Bonchev–Trinajstić information content (AvgIpc) is 3.08. The lowest BCUT2D eigenvalue weighted by atomic mass is 10.1. The molecule has 0 atom stereocenters. The fourth-order valence-corrected chi connectivity index (χ4v) is 2.73. The second-order valence-electron chi connectivity index (χ2n) is 5.15. The van der Waals surface area contributed by atoms with Crippen molar-refractivity contribution in [1.82, 2.24) is 20.5 Å². The van der Waals surface area contributed by atoms with Crippen molar-refractivity contribution in [2.75, 3.05) is 6.54 Å². The Morgan fingerprint density at radius 3 is 2.83 bits per heavy atom. The fraction of sp³-hybridized carbons (Fsp3) is 0.118. The van der Waals surface area contributed by atoms with Gasteiger partial charge in [-0.05, 0) is 42.3 Å². The van der Waals surface area contributed by atoms with Crippen LogP contribution in [-0.4, -0.2) is 27.6 Å². The number of rotatable bonds is 5. The summed E-state index contributed by atoms with van der Waals surface area (Å²) in [6, 6.07) is 10.7. The van der Waals surface area contributed by atoms with E-state index in [0.717, 1.165) is 11.1 Å². The van der Waals surface area contributed by atoms with E-state index < -0.39 is 0 Å². The number of amides is 1. The third-order valence-electron chi connectivity index (χ3n) is 3.47. The zero-order valence-corrected chi connectivity index (χ0v) is 14.1. The lowest BCUT2D eigenvalue weighted by molar-refractivity contribution is 0.0949. The number of aromatic nitrogens is 3. The number of carbonyl (C=O) groups excluding carboxylic acids is 1. The number of aromatic amines is 1. The van der Waals surface area contributed by atoms with Gasteiger partial charge in [0.2, 0.25) is 0 Å². The Hall–Kier alpha value is -2.37. The zero-order valence-electron chi connectivity index (χ0n) is 12.6. The normalized spacial score (nSPS) is 10.6. The van der Waals surface area contributed by atoms with Gasteiger partial charge in [0.1, 0.15) is 5.69 Å². The molecule has 24 heavy (non-hydrogen) atoms. The standard InChI is InChI=1S/C17H14Cl2N4O/c18-13-4-3-11(14(19)8-13)5-7-21-17(24)16-9-15(22-23-16)12-2-1-6-20-10-12/h1-4,6,8-10H,5,7H2,(H,21,24)(H,22,23). The van der Waals surface area contributed by atoms with E-state index in [1.165, 1.54) is 0 Å². The van der Waals surface area contributed by atoms with Gasteiger partial charge < -0.3 is 5.32 Å². The Balaban J connectivity index is 1.59. The molecule has 122 valence electrons. The highest BCUT2D eigenvalue weighted by Gasteiger charge is 2.11. The van der Waals surface area contributed by atoms with Gasteiger partial charge in [-0.1, -0.05) is 29.3 Å². The first-order valence-electron chi connectivity index (χ1n) is 7.31.